The van der Waals surface area contributed by atoms with Gasteiger partial charge in [-0.05, 0) is 48.5 Å². The van der Waals surface area contributed by atoms with E-state index < -0.39 is 58.2 Å². The maximum absolute atomic E-state index is 13.6. The third-order valence-corrected chi connectivity index (χ3v) is 13.3. The molecule has 1 N–H and O–H groups in total. The number of fused-ring (bicyclic) bond motifs is 2. The zero-order chi connectivity index (χ0) is 51.2. The summed E-state index contributed by atoms with van der Waals surface area (Å²) in [5.74, 6) is -4.69. The van der Waals surface area contributed by atoms with Gasteiger partial charge in [-0.3, -0.25) is 33.7 Å². The van der Waals surface area contributed by atoms with Gasteiger partial charge in [-0.1, -0.05) is 0 Å². The van der Waals surface area contributed by atoms with Gasteiger partial charge in [-0.2, -0.15) is 10.2 Å². The highest BCUT2D eigenvalue weighted by molar-refractivity contribution is 5.95. The lowest BCUT2D eigenvalue weighted by atomic mass is 9.87. The van der Waals surface area contributed by atoms with Crippen molar-refractivity contribution in [3.05, 3.63) is 53.4 Å². The maximum atomic E-state index is 13.6. The van der Waals surface area contributed by atoms with Crippen LogP contribution in [0, 0.1) is 28.3 Å². The first-order chi connectivity index (χ1) is 33.6. The Kier molecular flexibility index (Phi) is 14.2. The number of cyclic esters (lactones) is 2. The summed E-state index contributed by atoms with van der Waals surface area (Å²) in [6.07, 6.45) is 1.51. The number of hydrogen-bond donors (Lipinski definition) is 1. The number of carbonyl (C=O) groups is 6. The molecule has 0 aliphatic carbocycles. The number of rotatable bonds is 5. The Bertz CT molecular complexity index is 2540. The largest absolute Gasteiger partial charge is 0.448 e. The Morgan fingerprint density at radius 2 is 1.13 bits per heavy atom. The van der Waals surface area contributed by atoms with Crippen molar-refractivity contribution in [2.24, 2.45) is 10.8 Å². The van der Waals surface area contributed by atoms with Gasteiger partial charge in [-0.25, -0.2) is 32.3 Å². The zero-order valence-corrected chi connectivity index (χ0v) is 40.9. The topological polar surface area (TPSA) is 216 Å². The molecule has 6 aliphatic rings. The van der Waals surface area contributed by atoms with Gasteiger partial charge in [0.15, 0.2) is 17.5 Å². The molecule has 9 rings (SSSR count). The molecule has 22 nitrogen and oxygen atoms in total. The molecule has 1 aromatic carbocycles. The van der Waals surface area contributed by atoms with E-state index in [0.717, 1.165) is 0 Å². The Morgan fingerprint density at radius 1 is 0.704 bits per heavy atom. The summed E-state index contributed by atoms with van der Waals surface area (Å²) in [5, 5.41) is 11.2. The van der Waals surface area contributed by atoms with Crippen molar-refractivity contribution in [2.75, 3.05) is 94.0 Å². The molecule has 7 amide bonds. The quantitative estimate of drug-likeness (QED) is 0.278. The van der Waals surface area contributed by atoms with Crippen LogP contribution in [0.5, 0.6) is 0 Å². The monoisotopic (exact) mass is 999 g/mol. The summed E-state index contributed by atoms with van der Waals surface area (Å²) in [4.78, 5) is 87.2. The van der Waals surface area contributed by atoms with E-state index in [0.29, 0.717) is 94.0 Å². The van der Waals surface area contributed by atoms with Crippen molar-refractivity contribution < 1.29 is 65.6 Å². The molecule has 386 valence electrons. The van der Waals surface area contributed by atoms with E-state index in [-0.39, 0.29) is 75.5 Å². The second-order valence-corrected chi connectivity index (χ2v) is 20.1. The number of morpholine rings is 2. The Balaban J connectivity index is 0.000000192. The number of aromatic nitrogens is 4. The van der Waals surface area contributed by atoms with Crippen LogP contribution in [0.15, 0.2) is 24.5 Å². The van der Waals surface area contributed by atoms with Crippen molar-refractivity contribution >= 4 is 53.2 Å². The number of anilines is 3. The lowest BCUT2D eigenvalue weighted by molar-refractivity contribution is -0.148. The molecule has 0 bridgehead atoms. The highest BCUT2D eigenvalue weighted by Crippen LogP contribution is 2.37. The van der Waals surface area contributed by atoms with Crippen LogP contribution in [0.4, 0.5) is 49.4 Å². The summed E-state index contributed by atoms with van der Waals surface area (Å²) in [6.45, 7) is 17.7. The van der Waals surface area contributed by atoms with Crippen molar-refractivity contribution in [1.82, 2.24) is 39.2 Å². The molecule has 71 heavy (non-hydrogen) atoms. The van der Waals surface area contributed by atoms with Gasteiger partial charge < -0.3 is 43.7 Å². The smallest absolute Gasteiger partial charge is 0.414 e. The number of hydrogen-bond acceptors (Lipinski definition) is 13. The van der Waals surface area contributed by atoms with Crippen LogP contribution in [0.3, 0.4) is 0 Å². The maximum Gasteiger partial charge on any atom is 0.414 e. The van der Waals surface area contributed by atoms with Crippen LogP contribution in [-0.2, 0) is 59.5 Å². The number of urea groups is 1. The van der Waals surface area contributed by atoms with Crippen molar-refractivity contribution in [2.45, 2.75) is 92.3 Å². The van der Waals surface area contributed by atoms with Crippen LogP contribution in [-0.4, -0.2) is 172 Å². The average Bonchev–Trinajstić information content (AvgIpc) is 3.94. The third kappa shape index (κ3) is 10.6. The van der Waals surface area contributed by atoms with Crippen molar-refractivity contribution in [3.63, 3.8) is 0 Å². The van der Waals surface area contributed by atoms with Crippen LogP contribution in [0.25, 0.3) is 0 Å². The normalized spacial score (nSPS) is 24.8. The minimum atomic E-state index is -1.63. The molecule has 4 saturated heterocycles. The third-order valence-electron chi connectivity index (χ3n) is 13.3. The average molecular weight is 1000 g/mol. The second-order valence-electron chi connectivity index (χ2n) is 20.1. The van der Waals surface area contributed by atoms with E-state index in [4.69, 9.17) is 23.7 Å². The zero-order valence-electron chi connectivity index (χ0n) is 40.9. The van der Waals surface area contributed by atoms with E-state index in [2.05, 4.69) is 15.5 Å². The molecule has 2 unspecified atom stereocenters. The summed E-state index contributed by atoms with van der Waals surface area (Å²) in [5.41, 5.74) is -0.595. The Hall–Kier alpha value is -6.63. The molecule has 8 heterocycles. The Labute approximate surface area is 407 Å². The van der Waals surface area contributed by atoms with Gasteiger partial charge >= 0.3 is 24.3 Å². The molecule has 4 fully saturated rings. The van der Waals surface area contributed by atoms with E-state index in [1.54, 1.807) is 44.1 Å². The number of amides is 7. The highest BCUT2D eigenvalue weighted by Gasteiger charge is 2.48. The molecule has 0 spiro atoms. The van der Waals surface area contributed by atoms with E-state index in [9.17, 15) is 41.9 Å². The van der Waals surface area contributed by atoms with Gasteiger partial charge in [0.2, 0.25) is 11.8 Å². The predicted molar refractivity (Wildman–Crippen MR) is 244 cm³/mol. The molecule has 3 aromatic rings. The molecular formula is C46H60F3N11O11. The molecule has 2 aromatic heterocycles. The standard InChI is InChI=1S/C24H27F3N6O5.C22H33N5O6/c1-14-10-33-19(11-31(14)22(35)29-15-7-16(25)20(27)17(26)8-15)18(9-28-33)32-12-24(2,13-38-23(32)36)21(34)30-3-5-37-6-4-30;1-15-11-27-17(12-25(15)20(30)33-21(2,3)4)16(10-23-27)26-13-22(5,14-32-19(26)29)18(28)24-6-8-31-9-7-24/h7-9,14H,3-6,10-13H2,1-2H3,(H,29,35);10,15H,6-9,11-14H2,1-5H3/t14-,24?;15-,22?/m00/s1. The SMILES string of the molecule is C[C@H]1Cn2ncc(N3CC(C)(C(=O)N4CCOCC4)COC3=O)c2CN1C(=O)Nc1cc(F)c(F)c(F)c1.C[C@H]1Cn2ncc(N3CC(C)(C(=O)N4CCOCC4)COC3=O)c2CN1C(=O)OC(C)(C)C. The summed E-state index contributed by atoms with van der Waals surface area (Å²) in [7, 11) is 0. The fraction of sp³-hybridized carbons (Fsp3) is 0.609. The molecule has 6 aliphatic heterocycles. The number of nitrogens with one attached hydrogen (secondary N) is 1. The molecular weight excluding hydrogens is 940 g/mol. The summed E-state index contributed by atoms with van der Waals surface area (Å²) in [6, 6.07) is 0.219. The van der Waals surface area contributed by atoms with Crippen LogP contribution in [0.2, 0.25) is 0 Å². The lowest BCUT2D eigenvalue weighted by Crippen LogP contribution is -2.58. The molecule has 4 atom stereocenters. The van der Waals surface area contributed by atoms with Gasteiger partial charge in [0.05, 0.1) is 111 Å². The van der Waals surface area contributed by atoms with Crippen LogP contribution < -0.4 is 15.1 Å². The number of benzene rings is 1. The molecule has 25 heteroatoms. The Morgan fingerprint density at radius 3 is 1.56 bits per heavy atom. The number of ether oxygens (including phenoxy) is 5. The van der Waals surface area contributed by atoms with E-state index in [1.165, 1.54) is 20.9 Å². The summed E-state index contributed by atoms with van der Waals surface area (Å²) < 4.78 is 71.1. The minimum absolute atomic E-state index is 0.00635. The number of nitrogens with zero attached hydrogens (tertiary/aromatic N) is 10. The van der Waals surface area contributed by atoms with Crippen LogP contribution in [0.1, 0.15) is 59.9 Å². The van der Waals surface area contributed by atoms with Crippen molar-refractivity contribution in [3.8, 4) is 0 Å². The highest BCUT2D eigenvalue weighted by atomic mass is 19.2. The summed E-state index contributed by atoms with van der Waals surface area (Å²) >= 11 is 0. The molecule has 0 radical (unpaired) electrons. The van der Waals surface area contributed by atoms with E-state index in [1.807, 2.05) is 34.6 Å². The van der Waals surface area contributed by atoms with E-state index >= 15 is 0 Å². The van der Waals surface area contributed by atoms with Crippen molar-refractivity contribution in [1.29, 1.82) is 0 Å². The van der Waals surface area contributed by atoms with Gasteiger partial charge in [0.25, 0.3) is 0 Å². The first kappa shape index (κ1) is 50.7. The second kappa shape index (κ2) is 19.9. The number of halogens is 3. The first-order valence-corrected chi connectivity index (χ1v) is 23.5. The first-order valence-electron chi connectivity index (χ1n) is 23.5. The number of carbonyl (C=O) groups excluding carboxylic acids is 6. The van der Waals surface area contributed by atoms with Crippen LogP contribution >= 0.6 is 0 Å². The lowest BCUT2D eigenvalue weighted by Gasteiger charge is -2.42. The molecule has 0 saturated carbocycles. The minimum Gasteiger partial charge on any atom is -0.448 e. The fourth-order valence-electron chi connectivity index (χ4n) is 9.32. The fourth-order valence-corrected chi connectivity index (χ4v) is 9.32. The van der Waals surface area contributed by atoms with Gasteiger partial charge in [0.1, 0.15) is 18.8 Å². The van der Waals surface area contributed by atoms with Gasteiger partial charge in [-0.15, -0.1) is 0 Å². The van der Waals surface area contributed by atoms with Gasteiger partial charge in [0, 0.05) is 57.1 Å². The predicted octanol–water partition coefficient (Wildman–Crippen LogP) is 4.40.